The van der Waals surface area contributed by atoms with E-state index in [0.29, 0.717) is 13.1 Å². The second kappa shape index (κ2) is 5.54. The van der Waals surface area contributed by atoms with Crippen molar-refractivity contribution in [2.24, 2.45) is 0 Å². The van der Waals surface area contributed by atoms with E-state index in [1.807, 2.05) is 30.3 Å². The third-order valence-electron chi connectivity index (χ3n) is 3.73. The maximum absolute atomic E-state index is 13.7. The molecular formula is C15H15FN2O2S. The summed E-state index contributed by atoms with van der Waals surface area (Å²) in [6.07, 6.45) is 2.03. The van der Waals surface area contributed by atoms with Crippen LogP contribution in [0.1, 0.15) is 17.9 Å². The molecular weight excluding hydrogens is 291 g/mol. The van der Waals surface area contributed by atoms with Crippen molar-refractivity contribution in [2.75, 3.05) is 13.1 Å². The summed E-state index contributed by atoms with van der Waals surface area (Å²) in [6, 6.07) is 12.3. The quantitative estimate of drug-likeness (QED) is 0.875. The van der Waals surface area contributed by atoms with Crippen molar-refractivity contribution >= 4 is 10.0 Å². The van der Waals surface area contributed by atoms with Gasteiger partial charge in [-0.25, -0.2) is 17.8 Å². The summed E-state index contributed by atoms with van der Waals surface area (Å²) in [6.45, 7) is 0.750. The maximum atomic E-state index is 13.7. The molecule has 21 heavy (non-hydrogen) atoms. The van der Waals surface area contributed by atoms with Crippen LogP contribution in [-0.4, -0.2) is 30.8 Å². The predicted octanol–water partition coefficient (Wildman–Crippen LogP) is 2.40. The number of rotatable bonds is 3. The summed E-state index contributed by atoms with van der Waals surface area (Å²) in [5.74, 6) is -0.659. The Bertz CT molecular complexity index is 734. The van der Waals surface area contributed by atoms with Crippen LogP contribution in [0.3, 0.4) is 0 Å². The van der Waals surface area contributed by atoms with Crippen molar-refractivity contribution in [3.8, 4) is 0 Å². The summed E-state index contributed by atoms with van der Waals surface area (Å²) >= 11 is 0. The molecule has 6 heteroatoms. The average molecular weight is 306 g/mol. The Balaban J connectivity index is 1.85. The normalized spacial score (nSPS) is 19.8. The monoisotopic (exact) mass is 306 g/mol. The van der Waals surface area contributed by atoms with Crippen LogP contribution < -0.4 is 0 Å². The minimum absolute atomic E-state index is 0.146. The van der Waals surface area contributed by atoms with Gasteiger partial charge in [-0.15, -0.1) is 0 Å². The van der Waals surface area contributed by atoms with Gasteiger partial charge in [0.05, 0.1) is 0 Å². The summed E-state index contributed by atoms with van der Waals surface area (Å²) in [4.78, 5) is 3.69. The Morgan fingerprint density at radius 3 is 2.62 bits per heavy atom. The van der Waals surface area contributed by atoms with Crippen molar-refractivity contribution < 1.29 is 12.8 Å². The van der Waals surface area contributed by atoms with E-state index in [9.17, 15) is 12.8 Å². The molecule has 1 unspecified atom stereocenters. The summed E-state index contributed by atoms with van der Waals surface area (Å²) in [7, 11) is -3.86. The molecule has 0 bridgehead atoms. The smallest absolute Gasteiger partial charge is 0.241 e. The maximum Gasteiger partial charge on any atom is 0.263 e. The van der Waals surface area contributed by atoms with Crippen molar-refractivity contribution in [3.05, 3.63) is 60.0 Å². The fourth-order valence-corrected chi connectivity index (χ4v) is 4.10. The molecule has 110 valence electrons. The first-order chi connectivity index (χ1) is 10.1. The molecule has 1 aromatic carbocycles. The van der Waals surface area contributed by atoms with E-state index in [2.05, 4.69) is 4.98 Å². The standard InChI is InChI=1S/C15H15FN2O2S/c16-14-7-4-9-17-15(14)21(19,20)18-10-8-13(11-18)12-5-2-1-3-6-12/h1-7,9,13H,8,10-11H2. The molecule has 0 spiro atoms. The SMILES string of the molecule is O=S(=O)(c1ncccc1F)N1CCC(c2ccccc2)C1. The molecule has 2 aromatic rings. The highest BCUT2D eigenvalue weighted by molar-refractivity contribution is 7.89. The zero-order valence-electron chi connectivity index (χ0n) is 11.3. The fraction of sp³-hybridized carbons (Fsp3) is 0.267. The van der Waals surface area contributed by atoms with Gasteiger partial charge in [0.15, 0.2) is 5.82 Å². The Morgan fingerprint density at radius 2 is 1.90 bits per heavy atom. The number of pyridine rings is 1. The largest absolute Gasteiger partial charge is 0.263 e. The first-order valence-corrected chi connectivity index (χ1v) is 8.18. The van der Waals surface area contributed by atoms with Gasteiger partial charge in [0.1, 0.15) is 0 Å². The van der Waals surface area contributed by atoms with Crippen LogP contribution in [0.15, 0.2) is 53.7 Å². The number of benzene rings is 1. The highest BCUT2D eigenvalue weighted by atomic mass is 32.2. The summed E-state index contributed by atoms with van der Waals surface area (Å²) < 4.78 is 39.9. The molecule has 1 saturated heterocycles. The van der Waals surface area contributed by atoms with E-state index in [4.69, 9.17) is 0 Å². The van der Waals surface area contributed by atoms with Crippen molar-refractivity contribution in [2.45, 2.75) is 17.4 Å². The van der Waals surface area contributed by atoms with Crippen molar-refractivity contribution in [1.82, 2.24) is 9.29 Å². The van der Waals surface area contributed by atoms with Crippen molar-refractivity contribution in [1.29, 1.82) is 0 Å². The summed E-state index contributed by atoms with van der Waals surface area (Å²) in [5, 5.41) is -0.487. The molecule has 2 heterocycles. The third kappa shape index (κ3) is 2.69. The molecule has 3 rings (SSSR count). The van der Waals surface area contributed by atoms with Gasteiger partial charge in [0, 0.05) is 19.3 Å². The molecule has 4 nitrogen and oxygen atoms in total. The van der Waals surface area contributed by atoms with Crippen LogP contribution >= 0.6 is 0 Å². The lowest BCUT2D eigenvalue weighted by molar-refractivity contribution is 0.460. The topological polar surface area (TPSA) is 50.3 Å². The van der Waals surface area contributed by atoms with E-state index in [-0.39, 0.29) is 5.92 Å². The molecule has 0 amide bonds. The van der Waals surface area contributed by atoms with E-state index in [0.717, 1.165) is 18.1 Å². The van der Waals surface area contributed by atoms with Crippen LogP contribution in [0.25, 0.3) is 0 Å². The zero-order valence-corrected chi connectivity index (χ0v) is 12.1. The Hall–Kier alpha value is -1.79. The minimum atomic E-state index is -3.86. The van der Waals surface area contributed by atoms with E-state index in [1.54, 1.807) is 0 Å². The molecule has 0 N–H and O–H groups in total. The lowest BCUT2D eigenvalue weighted by Gasteiger charge is -2.16. The first kappa shape index (κ1) is 14.2. The van der Waals surface area contributed by atoms with Crippen LogP contribution in [0.5, 0.6) is 0 Å². The van der Waals surface area contributed by atoms with Gasteiger partial charge in [-0.3, -0.25) is 0 Å². The van der Waals surface area contributed by atoms with Gasteiger partial charge < -0.3 is 0 Å². The number of hydrogen-bond acceptors (Lipinski definition) is 3. The molecule has 0 aliphatic carbocycles. The fourth-order valence-electron chi connectivity index (χ4n) is 2.63. The lowest BCUT2D eigenvalue weighted by atomic mass is 9.99. The van der Waals surface area contributed by atoms with Gasteiger partial charge in [-0.05, 0) is 30.0 Å². The van der Waals surface area contributed by atoms with Crippen LogP contribution in [0.2, 0.25) is 0 Å². The second-order valence-electron chi connectivity index (χ2n) is 5.05. The average Bonchev–Trinajstić information content (AvgIpc) is 2.99. The van der Waals surface area contributed by atoms with Crippen LogP contribution in [0, 0.1) is 5.82 Å². The van der Waals surface area contributed by atoms with Gasteiger partial charge in [0.2, 0.25) is 5.03 Å². The van der Waals surface area contributed by atoms with E-state index < -0.39 is 20.9 Å². The van der Waals surface area contributed by atoms with Crippen LogP contribution in [-0.2, 0) is 10.0 Å². The van der Waals surface area contributed by atoms with E-state index in [1.165, 1.54) is 16.6 Å². The molecule has 1 atom stereocenters. The third-order valence-corrected chi connectivity index (χ3v) is 5.53. The highest BCUT2D eigenvalue weighted by Gasteiger charge is 2.35. The molecule has 1 aromatic heterocycles. The Kier molecular flexibility index (Phi) is 3.73. The number of nitrogens with zero attached hydrogens (tertiary/aromatic N) is 2. The van der Waals surface area contributed by atoms with Crippen molar-refractivity contribution in [3.63, 3.8) is 0 Å². The molecule has 0 saturated carbocycles. The van der Waals surface area contributed by atoms with Gasteiger partial charge in [0.25, 0.3) is 10.0 Å². The number of aromatic nitrogens is 1. The number of sulfonamides is 1. The molecule has 1 aliphatic rings. The molecule has 0 radical (unpaired) electrons. The van der Waals surface area contributed by atoms with Gasteiger partial charge in [-0.1, -0.05) is 30.3 Å². The minimum Gasteiger partial charge on any atom is -0.241 e. The number of halogens is 1. The number of hydrogen-bond donors (Lipinski definition) is 0. The molecule has 1 fully saturated rings. The lowest BCUT2D eigenvalue weighted by Crippen LogP contribution is -2.30. The Morgan fingerprint density at radius 1 is 1.14 bits per heavy atom. The zero-order chi connectivity index (χ0) is 14.9. The predicted molar refractivity (Wildman–Crippen MR) is 76.8 cm³/mol. The highest BCUT2D eigenvalue weighted by Crippen LogP contribution is 2.30. The summed E-state index contributed by atoms with van der Waals surface area (Å²) in [5.41, 5.74) is 1.11. The Labute approximate surface area is 123 Å². The van der Waals surface area contributed by atoms with Gasteiger partial charge >= 0.3 is 0 Å². The van der Waals surface area contributed by atoms with Gasteiger partial charge in [-0.2, -0.15) is 4.31 Å². The molecule has 1 aliphatic heterocycles. The second-order valence-corrected chi connectivity index (χ2v) is 6.90. The first-order valence-electron chi connectivity index (χ1n) is 6.74. The van der Waals surface area contributed by atoms with Crippen LogP contribution in [0.4, 0.5) is 4.39 Å². The van der Waals surface area contributed by atoms with E-state index >= 15 is 0 Å².